The molecule has 0 aromatic rings. The second-order valence-electron chi connectivity index (χ2n) is 7.88. The summed E-state index contributed by atoms with van der Waals surface area (Å²) in [7, 11) is 0. The van der Waals surface area contributed by atoms with Crippen LogP contribution in [-0.4, -0.2) is 23.9 Å². The minimum absolute atomic E-state index is 0. The second-order valence-corrected chi connectivity index (χ2v) is 7.88. The van der Waals surface area contributed by atoms with E-state index in [9.17, 15) is 39.6 Å². The molecule has 0 saturated carbocycles. The van der Waals surface area contributed by atoms with E-state index < -0.39 is 23.9 Å². The van der Waals surface area contributed by atoms with E-state index in [1.165, 1.54) is 0 Å². The molecule has 0 atom stereocenters. The molecule has 0 N–H and O–H groups in total. The first-order valence-electron chi connectivity index (χ1n) is 9.30. The largest absolute Gasteiger partial charge is 4.00 e. The van der Waals surface area contributed by atoms with Crippen LogP contribution >= 0.6 is 0 Å². The number of aliphatic carboxylic acids is 4. The first-order chi connectivity index (χ1) is 12.5. The summed E-state index contributed by atoms with van der Waals surface area (Å²) in [5.41, 5.74) is 0. The molecule has 0 aliphatic carbocycles. The zero-order valence-electron chi connectivity index (χ0n) is 18.9. The van der Waals surface area contributed by atoms with E-state index in [2.05, 4.69) is 0 Å². The maximum atomic E-state index is 9.70. The second kappa shape index (κ2) is 24.6. The van der Waals surface area contributed by atoms with E-state index in [0.29, 0.717) is 0 Å². The van der Waals surface area contributed by atoms with Gasteiger partial charge in [-0.05, 0) is 49.4 Å². The molecule has 0 aromatic carbocycles. The summed E-state index contributed by atoms with van der Waals surface area (Å²) in [5.74, 6) is -3.00. The molecule has 0 aliphatic heterocycles. The van der Waals surface area contributed by atoms with Crippen molar-refractivity contribution < 1.29 is 61.3 Å². The first kappa shape index (κ1) is 38.2. The molecule has 0 radical (unpaired) electrons. The van der Waals surface area contributed by atoms with Crippen molar-refractivity contribution >= 4 is 23.9 Å². The van der Waals surface area contributed by atoms with Gasteiger partial charge in [-0.15, -0.1) is 0 Å². The molecule has 0 aromatic heterocycles. The van der Waals surface area contributed by atoms with Crippen molar-refractivity contribution in [1.29, 1.82) is 0 Å². The molecule has 0 bridgehead atoms. The average molecular weight is 452 g/mol. The number of carboxylic acid groups (broad SMARTS) is 4. The van der Waals surface area contributed by atoms with Crippen LogP contribution in [0.5, 0.6) is 0 Å². The molecule has 0 heterocycles. The molecular formula is C20H36O8Ti. The molecular weight excluding hydrogens is 416 g/mol. The van der Waals surface area contributed by atoms with Crippen molar-refractivity contribution in [2.45, 2.75) is 81.1 Å². The van der Waals surface area contributed by atoms with Crippen LogP contribution in [0.15, 0.2) is 0 Å². The van der Waals surface area contributed by atoms with Crippen LogP contribution in [0.3, 0.4) is 0 Å². The van der Waals surface area contributed by atoms with Gasteiger partial charge in [0.05, 0.1) is 0 Å². The van der Waals surface area contributed by atoms with Gasteiger partial charge in [0, 0.05) is 23.9 Å². The topological polar surface area (TPSA) is 161 Å². The van der Waals surface area contributed by atoms with Gasteiger partial charge in [-0.2, -0.15) is 0 Å². The number of carbonyl (C=O) groups is 4. The Bertz CT molecular complexity index is 352. The Hall–Kier alpha value is -1.41. The fourth-order valence-corrected chi connectivity index (χ4v) is 1.33. The number of carboxylic acids is 4. The quantitative estimate of drug-likeness (QED) is 0.429. The minimum atomic E-state index is -0.963. The molecule has 0 unspecified atom stereocenters. The van der Waals surface area contributed by atoms with Gasteiger partial charge in [-0.25, -0.2) is 0 Å². The fourth-order valence-electron chi connectivity index (χ4n) is 1.33. The van der Waals surface area contributed by atoms with E-state index in [1.54, 1.807) is 0 Å². The van der Waals surface area contributed by atoms with Crippen molar-refractivity contribution in [2.24, 2.45) is 23.7 Å². The standard InChI is InChI=1S/4C5H10O2.Ti/c4*1-4(2)3-5(6)7;/h4*4H,3H2,1-2H3,(H,6,7);/q;;;;+4/p-4. The Labute approximate surface area is 190 Å². The molecule has 0 fully saturated rings. The Balaban J connectivity index is -0.0000000873. The van der Waals surface area contributed by atoms with Gasteiger partial charge >= 0.3 is 21.7 Å². The number of carbonyl (C=O) groups excluding carboxylic acids is 4. The Kier molecular flexibility index (Phi) is 32.5. The molecule has 0 aliphatic rings. The summed E-state index contributed by atoms with van der Waals surface area (Å²) in [5, 5.41) is 38.8. The Morgan fingerprint density at radius 3 is 0.552 bits per heavy atom. The van der Waals surface area contributed by atoms with Crippen molar-refractivity contribution in [3.63, 3.8) is 0 Å². The molecule has 0 rings (SSSR count). The summed E-state index contributed by atoms with van der Waals surface area (Å²) < 4.78 is 0. The Morgan fingerprint density at radius 1 is 0.448 bits per heavy atom. The van der Waals surface area contributed by atoms with Crippen LogP contribution in [0, 0.1) is 23.7 Å². The van der Waals surface area contributed by atoms with Crippen molar-refractivity contribution in [1.82, 2.24) is 0 Å². The van der Waals surface area contributed by atoms with E-state index in [-0.39, 0.29) is 71.1 Å². The van der Waals surface area contributed by atoms with Crippen LogP contribution in [0.4, 0.5) is 0 Å². The van der Waals surface area contributed by atoms with Crippen LogP contribution < -0.4 is 20.4 Å². The molecule has 9 heteroatoms. The maximum Gasteiger partial charge on any atom is 4.00 e. The molecule has 0 saturated heterocycles. The van der Waals surface area contributed by atoms with Gasteiger partial charge in [-0.1, -0.05) is 55.4 Å². The number of hydrogen-bond acceptors (Lipinski definition) is 8. The van der Waals surface area contributed by atoms with Crippen molar-refractivity contribution in [2.75, 3.05) is 0 Å². The first-order valence-corrected chi connectivity index (χ1v) is 9.30. The van der Waals surface area contributed by atoms with E-state index in [4.69, 9.17) is 0 Å². The van der Waals surface area contributed by atoms with Crippen LogP contribution in [-0.2, 0) is 40.9 Å². The maximum absolute atomic E-state index is 9.70. The van der Waals surface area contributed by atoms with Gasteiger partial charge in [0.15, 0.2) is 0 Å². The predicted octanol–water partition coefficient (Wildman–Crippen LogP) is -0.873. The van der Waals surface area contributed by atoms with Crippen LogP contribution in [0.2, 0.25) is 0 Å². The number of hydrogen-bond donors (Lipinski definition) is 0. The predicted molar refractivity (Wildman–Crippen MR) is 97.8 cm³/mol. The smallest absolute Gasteiger partial charge is 0.550 e. The summed E-state index contributed by atoms with van der Waals surface area (Å²) in [4.78, 5) is 38.8. The van der Waals surface area contributed by atoms with Gasteiger partial charge < -0.3 is 39.6 Å². The van der Waals surface area contributed by atoms with E-state index >= 15 is 0 Å². The third-order valence-electron chi connectivity index (χ3n) is 2.30. The average Bonchev–Trinajstić information content (AvgIpc) is 2.32. The van der Waals surface area contributed by atoms with Gasteiger partial charge in [0.1, 0.15) is 0 Å². The third kappa shape index (κ3) is 75.5. The van der Waals surface area contributed by atoms with Crippen molar-refractivity contribution in [3.05, 3.63) is 0 Å². The summed E-state index contributed by atoms with van der Waals surface area (Å²) in [6.07, 6.45) is 0.667. The molecule has 0 spiro atoms. The summed E-state index contributed by atoms with van der Waals surface area (Å²) >= 11 is 0. The fraction of sp³-hybridized carbons (Fsp3) is 0.800. The molecule has 168 valence electrons. The SMILES string of the molecule is CC(C)CC(=O)[O-].CC(C)CC(=O)[O-].CC(C)CC(=O)[O-].CC(C)CC(=O)[O-].[Ti+4]. The van der Waals surface area contributed by atoms with Gasteiger partial charge in [0.25, 0.3) is 0 Å². The molecule has 0 amide bonds. The third-order valence-corrected chi connectivity index (χ3v) is 2.30. The van der Waals surface area contributed by atoms with Crippen LogP contribution in [0.1, 0.15) is 81.1 Å². The monoisotopic (exact) mass is 452 g/mol. The van der Waals surface area contributed by atoms with Crippen LogP contribution in [0.25, 0.3) is 0 Å². The molecule has 29 heavy (non-hydrogen) atoms. The summed E-state index contributed by atoms with van der Waals surface area (Å²) in [6.45, 7) is 14.7. The minimum Gasteiger partial charge on any atom is -0.550 e. The molecule has 8 nitrogen and oxygen atoms in total. The normalized spacial score (nSPS) is 9.24. The zero-order chi connectivity index (χ0) is 23.4. The van der Waals surface area contributed by atoms with Crippen molar-refractivity contribution in [3.8, 4) is 0 Å². The zero-order valence-corrected chi connectivity index (χ0v) is 20.5. The van der Waals surface area contributed by atoms with E-state index in [1.807, 2.05) is 55.4 Å². The summed E-state index contributed by atoms with van der Waals surface area (Å²) in [6, 6.07) is 0. The number of rotatable bonds is 8. The Morgan fingerprint density at radius 2 is 0.552 bits per heavy atom. The van der Waals surface area contributed by atoms with E-state index in [0.717, 1.165) is 0 Å². The van der Waals surface area contributed by atoms with Gasteiger partial charge in [0.2, 0.25) is 0 Å². The van der Waals surface area contributed by atoms with Gasteiger partial charge in [-0.3, -0.25) is 0 Å².